The normalized spacial score (nSPS) is 11.3. The van der Waals surface area contributed by atoms with E-state index in [9.17, 15) is 9.65 Å². The average molecular weight is 428 g/mol. The summed E-state index contributed by atoms with van der Waals surface area (Å²) in [6.07, 6.45) is 0. The van der Waals surface area contributed by atoms with Gasteiger partial charge in [0.1, 0.15) is 16.2 Å². The van der Waals surface area contributed by atoms with Gasteiger partial charge in [-0.3, -0.25) is 4.68 Å². The van der Waals surface area contributed by atoms with Crippen LogP contribution in [0.15, 0.2) is 53.1 Å². The Balaban J connectivity index is 2.14. The van der Waals surface area contributed by atoms with Gasteiger partial charge in [0.05, 0.1) is 30.8 Å². The average Bonchev–Trinajstić information content (AvgIpc) is 2.99. The maximum Gasteiger partial charge on any atom is 0.133 e. The number of ether oxygens (including phenoxy) is 1. The Morgan fingerprint density at radius 3 is 2.33 bits per heavy atom. The third-order valence-electron chi connectivity index (χ3n) is 4.42. The van der Waals surface area contributed by atoms with E-state index in [2.05, 4.69) is 27.1 Å². The molecule has 1 heterocycles. The third-order valence-corrected chi connectivity index (χ3v) is 4.98. The van der Waals surface area contributed by atoms with Crippen molar-refractivity contribution in [3.05, 3.63) is 70.1 Å². The highest BCUT2D eigenvalue weighted by Crippen LogP contribution is 2.38. The number of halogens is 2. The van der Waals surface area contributed by atoms with Gasteiger partial charge in [-0.2, -0.15) is 10.4 Å². The molecule has 0 radical (unpaired) electrons. The maximum absolute atomic E-state index is 13.4. The number of aromatic nitrogens is 2. The molecular formula is C21H19BrFN3O. The minimum Gasteiger partial charge on any atom is -0.497 e. The molecule has 0 aliphatic carbocycles. The van der Waals surface area contributed by atoms with Crippen molar-refractivity contribution in [2.45, 2.75) is 25.8 Å². The van der Waals surface area contributed by atoms with Crippen molar-refractivity contribution >= 4 is 15.9 Å². The fraction of sp³-hybridized carbons (Fsp3) is 0.238. The number of nitrogens with zero attached hydrogens (tertiary/aromatic N) is 3. The van der Waals surface area contributed by atoms with E-state index in [1.54, 1.807) is 19.2 Å². The van der Waals surface area contributed by atoms with Crippen LogP contribution >= 0.6 is 15.9 Å². The van der Waals surface area contributed by atoms with Crippen LogP contribution in [-0.2, 0) is 12.0 Å². The summed E-state index contributed by atoms with van der Waals surface area (Å²) in [6, 6.07) is 16.3. The lowest BCUT2D eigenvalue weighted by Crippen LogP contribution is -2.16. The number of nitriles is 1. The van der Waals surface area contributed by atoms with E-state index in [1.807, 2.05) is 42.8 Å². The second-order valence-corrected chi connectivity index (χ2v) is 7.51. The van der Waals surface area contributed by atoms with Crippen LogP contribution in [0.3, 0.4) is 0 Å². The van der Waals surface area contributed by atoms with Crippen LogP contribution in [-0.4, -0.2) is 16.9 Å². The van der Waals surface area contributed by atoms with Crippen molar-refractivity contribution < 1.29 is 9.13 Å². The van der Waals surface area contributed by atoms with Gasteiger partial charge < -0.3 is 4.74 Å². The lowest BCUT2D eigenvalue weighted by molar-refractivity contribution is 0.414. The van der Waals surface area contributed by atoms with Crippen LogP contribution in [0.1, 0.15) is 25.0 Å². The van der Waals surface area contributed by atoms with Gasteiger partial charge in [-0.15, -0.1) is 0 Å². The Labute approximate surface area is 166 Å². The number of methoxy groups -OCH3 is 1. The van der Waals surface area contributed by atoms with Crippen LogP contribution < -0.4 is 4.74 Å². The number of hydrogen-bond acceptors (Lipinski definition) is 3. The van der Waals surface area contributed by atoms with Gasteiger partial charge in [0.15, 0.2) is 0 Å². The molecule has 0 saturated carbocycles. The van der Waals surface area contributed by atoms with Gasteiger partial charge in [-0.05, 0) is 71.7 Å². The van der Waals surface area contributed by atoms with E-state index < -0.39 is 5.41 Å². The minimum atomic E-state index is -0.763. The smallest absolute Gasteiger partial charge is 0.133 e. The van der Waals surface area contributed by atoms with Crippen molar-refractivity contribution in [1.29, 1.82) is 5.26 Å². The molecule has 0 aliphatic rings. The van der Waals surface area contributed by atoms with Crippen LogP contribution in [0.4, 0.5) is 4.39 Å². The van der Waals surface area contributed by atoms with Crippen LogP contribution in [0.5, 0.6) is 5.75 Å². The molecule has 0 spiro atoms. The Hall–Kier alpha value is -2.65. The van der Waals surface area contributed by atoms with Crippen molar-refractivity contribution in [3.63, 3.8) is 0 Å². The molecule has 0 saturated heterocycles. The zero-order chi connectivity index (χ0) is 19.6. The van der Waals surface area contributed by atoms with Gasteiger partial charge in [0.2, 0.25) is 0 Å². The summed E-state index contributed by atoms with van der Waals surface area (Å²) in [7, 11) is 1.63. The van der Waals surface area contributed by atoms with E-state index in [4.69, 9.17) is 4.74 Å². The number of rotatable bonds is 5. The second kappa shape index (κ2) is 7.53. The van der Waals surface area contributed by atoms with Gasteiger partial charge in [-0.25, -0.2) is 4.39 Å². The molecule has 2 aromatic carbocycles. The fourth-order valence-corrected chi connectivity index (χ4v) is 3.84. The number of benzene rings is 2. The van der Waals surface area contributed by atoms with Crippen molar-refractivity contribution in [3.8, 4) is 23.1 Å². The van der Waals surface area contributed by atoms with E-state index in [1.165, 1.54) is 12.1 Å². The summed E-state index contributed by atoms with van der Waals surface area (Å²) in [5.74, 6) is 0.477. The quantitative estimate of drug-likeness (QED) is 0.554. The Morgan fingerprint density at radius 2 is 1.78 bits per heavy atom. The van der Waals surface area contributed by atoms with Crippen LogP contribution in [0, 0.1) is 17.1 Å². The Morgan fingerprint density at radius 1 is 1.15 bits per heavy atom. The first-order valence-corrected chi connectivity index (χ1v) is 9.22. The summed E-state index contributed by atoms with van der Waals surface area (Å²) < 4.78 is 21.1. The standard InChI is InChI=1S/C21H19BrFN3O/c1-21(2,13-24)18-19(15-6-8-16(23)9-7-15)26(25-20(18)22)12-14-4-10-17(27-3)11-5-14/h4-11H,12H2,1-3H3. The van der Waals surface area contributed by atoms with E-state index in [0.29, 0.717) is 11.1 Å². The second-order valence-electron chi connectivity index (χ2n) is 6.76. The summed E-state index contributed by atoms with van der Waals surface area (Å²) >= 11 is 3.52. The highest BCUT2D eigenvalue weighted by atomic mass is 79.9. The first-order valence-electron chi connectivity index (χ1n) is 8.42. The largest absolute Gasteiger partial charge is 0.497 e. The number of hydrogen-bond donors (Lipinski definition) is 0. The molecule has 1 aromatic heterocycles. The zero-order valence-electron chi connectivity index (χ0n) is 15.3. The lowest BCUT2D eigenvalue weighted by atomic mass is 9.85. The van der Waals surface area contributed by atoms with E-state index in [-0.39, 0.29) is 5.82 Å². The highest BCUT2D eigenvalue weighted by Gasteiger charge is 2.31. The molecule has 0 bridgehead atoms. The topological polar surface area (TPSA) is 50.8 Å². The van der Waals surface area contributed by atoms with E-state index >= 15 is 0 Å². The first kappa shape index (κ1) is 19.1. The maximum atomic E-state index is 13.4. The van der Waals surface area contributed by atoms with Gasteiger partial charge in [0, 0.05) is 11.1 Å². The molecule has 138 valence electrons. The minimum absolute atomic E-state index is 0.305. The molecule has 0 aliphatic heterocycles. The van der Waals surface area contributed by atoms with Crippen molar-refractivity contribution in [1.82, 2.24) is 9.78 Å². The molecular weight excluding hydrogens is 409 g/mol. The van der Waals surface area contributed by atoms with Crippen LogP contribution in [0.2, 0.25) is 0 Å². The summed E-state index contributed by atoms with van der Waals surface area (Å²) in [4.78, 5) is 0. The fourth-order valence-electron chi connectivity index (χ4n) is 2.96. The van der Waals surface area contributed by atoms with E-state index in [0.717, 1.165) is 28.1 Å². The molecule has 3 rings (SSSR count). The highest BCUT2D eigenvalue weighted by molar-refractivity contribution is 9.10. The zero-order valence-corrected chi connectivity index (χ0v) is 16.9. The van der Waals surface area contributed by atoms with Gasteiger partial charge in [0.25, 0.3) is 0 Å². The Kier molecular flexibility index (Phi) is 5.33. The lowest BCUT2D eigenvalue weighted by Gasteiger charge is -2.18. The molecule has 27 heavy (non-hydrogen) atoms. The molecule has 6 heteroatoms. The van der Waals surface area contributed by atoms with Gasteiger partial charge in [-0.1, -0.05) is 12.1 Å². The summed E-state index contributed by atoms with van der Waals surface area (Å²) in [5.41, 5.74) is 2.66. The third kappa shape index (κ3) is 3.88. The monoisotopic (exact) mass is 427 g/mol. The van der Waals surface area contributed by atoms with Gasteiger partial charge >= 0.3 is 0 Å². The first-order chi connectivity index (χ1) is 12.9. The predicted molar refractivity (Wildman–Crippen MR) is 106 cm³/mol. The molecule has 4 nitrogen and oxygen atoms in total. The predicted octanol–water partition coefficient (Wildman–Crippen LogP) is 5.31. The van der Waals surface area contributed by atoms with Crippen molar-refractivity contribution in [2.24, 2.45) is 0 Å². The summed E-state index contributed by atoms with van der Waals surface area (Å²) in [5, 5.41) is 14.3. The molecule has 0 fully saturated rings. The molecule has 0 amide bonds. The SMILES string of the molecule is COc1ccc(Cn2nc(Br)c(C(C)(C)C#N)c2-c2ccc(F)cc2)cc1. The molecule has 0 atom stereocenters. The molecule has 0 unspecified atom stereocenters. The molecule has 0 N–H and O–H groups in total. The molecule has 3 aromatic rings. The Bertz CT molecular complexity index is 986. The summed E-state index contributed by atoms with van der Waals surface area (Å²) in [6.45, 7) is 4.20. The van der Waals surface area contributed by atoms with Crippen LogP contribution in [0.25, 0.3) is 11.3 Å². The van der Waals surface area contributed by atoms with Crippen molar-refractivity contribution in [2.75, 3.05) is 7.11 Å².